The number of nitrogens with zero attached hydrogens (tertiary/aromatic N) is 2. The maximum Gasteiger partial charge on any atom is 0.230 e. The summed E-state index contributed by atoms with van der Waals surface area (Å²) in [4.78, 5) is 7.61. The molecule has 0 amide bonds. The number of methoxy groups -OCH3 is 1. The van der Waals surface area contributed by atoms with Crippen molar-refractivity contribution < 1.29 is 9.47 Å². The van der Waals surface area contributed by atoms with E-state index in [1.807, 2.05) is 19.0 Å². The van der Waals surface area contributed by atoms with Crippen molar-refractivity contribution in [1.29, 1.82) is 0 Å². The maximum absolute atomic E-state index is 5.38. The fourth-order valence-corrected chi connectivity index (χ4v) is 3.03. The van der Waals surface area contributed by atoms with Gasteiger partial charge in [-0.3, -0.25) is 0 Å². The largest absolute Gasteiger partial charge is 0.480 e. The molecule has 5 nitrogen and oxygen atoms in total. The highest BCUT2D eigenvalue weighted by Gasteiger charge is 2.16. The van der Waals surface area contributed by atoms with Gasteiger partial charge in [0.25, 0.3) is 0 Å². The van der Waals surface area contributed by atoms with Gasteiger partial charge >= 0.3 is 0 Å². The first-order valence-corrected chi connectivity index (χ1v) is 7.52. The van der Waals surface area contributed by atoms with E-state index < -0.39 is 0 Å². The molecule has 1 aliphatic rings. The molecular weight excluding hydrogens is 262 g/mol. The molecule has 1 aromatic rings. The minimum Gasteiger partial charge on any atom is -0.480 e. The fraction of sp³-hybridized carbons (Fsp3) is 0.769. The zero-order valence-electron chi connectivity index (χ0n) is 11.9. The predicted molar refractivity (Wildman–Crippen MR) is 78.2 cm³/mol. The third-order valence-corrected chi connectivity index (χ3v) is 4.47. The predicted octanol–water partition coefficient (Wildman–Crippen LogP) is 1.73. The third kappa shape index (κ3) is 4.06. The normalized spacial score (nSPS) is 18.8. The van der Waals surface area contributed by atoms with Crippen molar-refractivity contribution in [2.75, 3.05) is 45.9 Å². The first-order chi connectivity index (χ1) is 9.20. The van der Waals surface area contributed by atoms with Crippen molar-refractivity contribution in [2.45, 2.75) is 19.4 Å². The summed E-state index contributed by atoms with van der Waals surface area (Å²) in [6.07, 6.45) is 2.39. The fourth-order valence-electron chi connectivity index (χ4n) is 2.11. The van der Waals surface area contributed by atoms with Crippen LogP contribution in [0.2, 0.25) is 0 Å². The van der Waals surface area contributed by atoms with Crippen LogP contribution in [0.5, 0.6) is 5.88 Å². The minimum atomic E-state index is 0.730. The van der Waals surface area contributed by atoms with Crippen LogP contribution in [0.15, 0.2) is 0 Å². The number of hydrogen-bond acceptors (Lipinski definition) is 6. The molecule has 1 atom stereocenters. The lowest BCUT2D eigenvalue weighted by molar-refractivity contribution is 0.184. The van der Waals surface area contributed by atoms with Gasteiger partial charge in [-0.05, 0) is 25.3 Å². The Morgan fingerprint density at radius 1 is 1.53 bits per heavy atom. The summed E-state index contributed by atoms with van der Waals surface area (Å²) in [5.41, 5.74) is 0. The maximum atomic E-state index is 5.38. The molecule has 2 rings (SSSR count). The van der Waals surface area contributed by atoms with E-state index in [0.29, 0.717) is 0 Å². The summed E-state index contributed by atoms with van der Waals surface area (Å²) in [5.74, 6) is 1.47. The monoisotopic (exact) mass is 285 g/mol. The molecule has 1 unspecified atom stereocenters. The second-order valence-corrected chi connectivity index (χ2v) is 6.08. The lowest BCUT2D eigenvalue weighted by Gasteiger charge is -2.08. The van der Waals surface area contributed by atoms with Gasteiger partial charge in [-0.2, -0.15) is 4.98 Å². The SMILES string of the molecule is COc1nc(N(C)C)sc1CNCCC1CCOC1. The Balaban J connectivity index is 1.77. The Hall–Kier alpha value is -0.850. The molecule has 0 aliphatic carbocycles. The average Bonchev–Trinajstić information content (AvgIpc) is 3.03. The van der Waals surface area contributed by atoms with Crippen molar-refractivity contribution in [3.05, 3.63) is 4.88 Å². The van der Waals surface area contributed by atoms with Gasteiger partial charge in [0.1, 0.15) is 0 Å². The standard InChI is InChI=1S/C13H23N3O2S/c1-16(2)13-15-12(17-3)11(19-13)8-14-6-4-10-5-7-18-9-10/h10,14H,4-9H2,1-3H3. The van der Waals surface area contributed by atoms with E-state index in [9.17, 15) is 0 Å². The number of nitrogens with one attached hydrogen (secondary N) is 1. The van der Waals surface area contributed by atoms with E-state index >= 15 is 0 Å². The highest BCUT2D eigenvalue weighted by molar-refractivity contribution is 7.15. The van der Waals surface area contributed by atoms with E-state index in [1.165, 1.54) is 12.8 Å². The lowest BCUT2D eigenvalue weighted by atomic mass is 10.1. The first-order valence-electron chi connectivity index (χ1n) is 6.70. The van der Waals surface area contributed by atoms with Crippen molar-refractivity contribution >= 4 is 16.5 Å². The van der Waals surface area contributed by atoms with E-state index in [2.05, 4.69) is 10.3 Å². The van der Waals surface area contributed by atoms with Crippen molar-refractivity contribution in [2.24, 2.45) is 5.92 Å². The van der Waals surface area contributed by atoms with Crippen LogP contribution in [0.25, 0.3) is 0 Å². The van der Waals surface area contributed by atoms with Crippen LogP contribution in [-0.4, -0.2) is 45.9 Å². The molecule has 0 saturated carbocycles. The molecule has 0 spiro atoms. The Labute approximate surface area is 118 Å². The quantitative estimate of drug-likeness (QED) is 0.773. The molecule has 1 N–H and O–H groups in total. The number of hydrogen-bond donors (Lipinski definition) is 1. The Morgan fingerprint density at radius 3 is 3.00 bits per heavy atom. The smallest absolute Gasteiger partial charge is 0.230 e. The third-order valence-electron chi connectivity index (χ3n) is 3.27. The van der Waals surface area contributed by atoms with Gasteiger partial charge in [0, 0.05) is 33.9 Å². The van der Waals surface area contributed by atoms with E-state index in [4.69, 9.17) is 9.47 Å². The van der Waals surface area contributed by atoms with Crippen molar-refractivity contribution in [3.63, 3.8) is 0 Å². The molecule has 1 aromatic heterocycles. The van der Waals surface area contributed by atoms with Crippen LogP contribution in [-0.2, 0) is 11.3 Å². The van der Waals surface area contributed by atoms with Gasteiger partial charge < -0.3 is 19.7 Å². The van der Waals surface area contributed by atoms with Crippen molar-refractivity contribution in [3.8, 4) is 5.88 Å². The summed E-state index contributed by atoms with van der Waals surface area (Å²) < 4.78 is 10.7. The minimum absolute atomic E-state index is 0.730. The average molecular weight is 285 g/mol. The molecule has 19 heavy (non-hydrogen) atoms. The molecule has 0 radical (unpaired) electrons. The second-order valence-electron chi connectivity index (χ2n) is 5.02. The van der Waals surface area contributed by atoms with Crippen LogP contribution in [0.1, 0.15) is 17.7 Å². The lowest BCUT2D eigenvalue weighted by Crippen LogP contribution is -2.17. The summed E-state index contributed by atoms with van der Waals surface area (Å²) >= 11 is 1.68. The molecule has 0 bridgehead atoms. The van der Waals surface area contributed by atoms with E-state index in [1.54, 1.807) is 18.4 Å². The molecule has 1 aliphatic heterocycles. The molecule has 108 valence electrons. The number of aromatic nitrogens is 1. The van der Waals surface area contributed by atoms with Gasteiger partial charge in [0.2, 0.25) is 5.88 Å². The molecule has 1 saturated heterocycles. The highest BCUT2D eigenvalue weighted by atomic mass is 32.1. The molecule has 1 fully saturated rings. The first kappa shape index (κ1) is 14.6. The number of anilines is 1. The van der Waals surface area contributed by atoms with Crippen LogP contribution in [0.3, 0.4) is 0 Å². The number of ether oxygens (including phenoxy) is 2. The van der Waals surface area contributed by atoms with Gasteiger partial charge in [-0.25, -0.2) is 0 Å². The Bertz CT molecular complexity index is 389. The van der Waals surface area contributed by atoms with E-state index in [-0.39, 0.29) is 0 Å². The summed E-state index contributed by atoms with van der Waals surface area (Å²) in [6, 6.07) is 0. The van der Waals surface area contributed by atoms with Crippen LogP contribution in [0, 0.1) is 5.92 Å². The van der Waals surface area contributed by atoms with Crippen LogP contribution in [0.4, 0.5) is 5.13 Å². The summed E-state index contributed by atoms with van der Waals surface area (Å²) in [7, 11) is 5.67. The Kier molecular flexibility index (Phi) is 5.42. The second kappa shape index (κ2) is 7.07. The zero-order valence-corrected chi connectivity index (χ0v) is 12.8. The molecule has 2 heterocycles. The Morgan fingerprint density at radius 2 is 2.37 bits per heavy atom. The number of thiazole rings is 1. The van der Waals surface area contributed by atoms with Gasteiger partial charge in [0.05, 0.1) is 12.0 Å². The van der Waals surface area contributed by atoms with E-state index in [0.717, 1.165) is 48.1 Å². The highest BCUT2D eigenvalue weighted by Crippen LogP contribution is 2.30. The van der Waals surface area contributed by atoms with Crippen molar-refractivity contribution in [1.82, 2.24) is 10.3 Å². The zero-order chi connectivity index (χ0) is 13.7. The van der Waals surface area contributed by atoms with Gasteiger partial charge in [-0.1, -0.05) is 11.3 Å². The van der Waals surface area contributed by atoms with Crippen LogP contribution >= 0.6 is 11.3 Å². The van der Waals surface area contributed by atoms with Gasteiger partial charge in [-0.15, -0.1) is 0 Å². The summed E-state index contributed by atoms with van der Waals surface area (Å²) in [5, 5.41) is 4.46. The molecular formula is C13H23N3O2S. The topological polar surface area (TPSA) is 46.6 Å². The number of rotatable bonds is 7. The summed E-state index contributed by atoms with van der Waals surface area (Å²) in [6.45, 7) is 3.70. The molecule has 0 aromatic carbocycles. The molecule has 6 heteroatoms. The van der Waals surface area contributed by atoms with Gasteiger partial charge in [0.15, 0.2) is 5.13 Å². The van der Waals surface area contributed by atoms with Crippen LogP contribution < -0.4 is 15.0 Å².